The minimum absolute atomic E-state index is 0.0246. The van der Waals surface area contributed by atoms with E-state index < -0.39 is 11.6 Å². The topological polar surface area (TPSA) is 17.1 Å². The van der Waals surface area contributed by atoms with E-state index in [0.717, 1.165) is 5.39 Å². The van der Waals surface area contributed by atoms with E-state index >= 15 is 0 Å². The van der Waals surface area contributed by atoms with Gasteiger partial charge in [-0.2, -0.15) is 13.2 Å². The molecule has 0 amide bonds. The fraction of sp³-hybridized carbons (Fsp3) is 0.353. The lowest BCUT2D eigenvalue weighted by Gasteiger charge is -2.28. The van der Waals surface area contributed by atoms with Crippen LogP contribution in [0.15, 0.2) is 36.4 Å². The van der Waals surface area contributed by atoms with Gasteiger partial charge in [-0.3, -0.25) is 4.79 Å². The molecule has 21 heavy (non-hydrogen) atoms. The second kappa shape index (κ2) is 5.17. The molecule has 112 valence electrons. The van der Waals surface area contributed by atoms with Crippen LogP contribution in [-0.2, 0) is 5.41 Å². The summed E-state index contributed by atoms with van der Waals surface area (Å²) >= 11 is 0. The molecule has 0 fully saturated rings. The Morgan fingerprint density at radius 3 is 2.14 bits per heavy atom. The predicted molar refractivity (Wildman–Crippen MR) is 77.7 cm³/mol. The van der Waals surface area contributed by atoms with E-state index in [-0.39, 0.29) is 11.3 Å². The molecule has 4 heteroatoms. The Morgan fingerprint density at radius 1 is 1.00 bits per heavy atom. The van der Waals surface area contributed by atoms with Crippen molar-refractivity contribution in [3.63, 3.8) is 0 Å². The van der Waals surface area contributed by atoms with E-state index in [1.165, 1.54) is 19.9 Å². The van der Waals surface area contributed by atoms with Crippen LogP contribution in [0.3, 0.4) is 0 Å². The van der Waals surface area contributed by atoms with Gasteiger partial charge >= 0.3 is 6.18 Å². The average molecular weight is 294 g/mol. The van der Waals surface area contributed by atoms with Gasteiger partial charge in [0.2, 0.25) is 0 Å². The molecule has 2 aromatic rings. The maximum atomic E-state index is 13.1. The van der Waals surface area contributed by atoms with E-state index in [2.05, 4.69) is 0 Å². The standard InChI is InChI=1S/C17H17F3O/c1-4-15(21)13-6-5-12-10-14(8-7-11(12)9-13)16(2,3)17(18,19)20/h5-10H,4H2,1-3H3. The fourth-order valence-corrected chi connectivity index (χ4v) is 2.18. The number of ketones is 1. The van der Waals surface area contributed by atoms with Crippen molar-refractivity contribution in [2.24, 2.45) is 0 Å². The molecule has 0 spiro atoms. The summed E-state index contributed by atoms with van der Waals surface area (Å²) in [6.45, 7) is 4.12. The molecule has 0 aliphatic rings. The number of rotatable bonds is 3. The Balaban J connectivity index is 2.51. The highest BCUT2D eigenvalue weighted by atomic mass is 19.4. The first-order chi connectivity index (χ1) is 9.66. The highest BCUT2D eigenvalue weighted by Crippen LogP contribution is 2.41. The van der Waals surface area contributed by atoms with E-state index in [1.807, 2.05) is 0 Å². The zero-order chi connectivity index (χ0) is 15.8. The van der Waals surface area contributed by atoms with Gasteiger partial charge in [0.15, 0.2) is 5.78 Å². The van der Waals surface area contributed by atoms with E-state index in [1.54, 1.807) is 37.3 Å². The van der Waals surface area contributed by atoms with Gasteiger partial charge in [0.25, 0.3) is 0 Å². The molecule has 2 rings (SSSR count). The number of Topliss-reactive ketones (excluding diaryl/α,β-unsaturated/α-hetero) is 1. The van der Waals surface area contributed by atoms with E-state index in [9.17, 15) is 18.0 Å². The first kappa shape index (κ1) is 15.5. The first-order valence-electron chi connectivity index (χ1n) is 6.81. The molecule has 2 aromatic carbocycles. The van der Waals surface area contributed by atoms with Gasteiger partial charge in [-0.15, -0.1) is 0 Å². The number of carbonyl (C=O) groups is 1. The fourth-order valence-electron chi connectivity index (χ4n) is 2.18. The van der Waals surface area contributed by atoms with Crippen molar-refractivity contribution in [1.82, 2.24) is 0 Å². The van der Waals surface area contributed by atoms with Crippen molar-refractivity contribution < 1.29 is 18.0 Å². The molecule has 0 bridgehead atoms. The molecule has 0 saturated heterocycles. The second-order valence-electron chi connectivity index (χ2n) is 5.68. The highest BCUT2D eigenvalue weighted by molar-refractivity contribution is 5.99. The van der Waals surface area contributed by atoms with Gasteiger partial charge in [0.05, 0.1) is 5.41 Å². The predicted octanol–water partition coefficient (Wildman–Crippen LogP) is 5.27. The maximum absolute atomic E-state index is 13.1. The monoisotopic (exact) mass is 294 g/mol. The summed E-state index contributed by atoms with van der Waals surface area (Å²) in [5.74, 6) is 0.0246. The molecule has 0 unspecified atom stereocenters. The molecule has 0 aliphatic heterocycles. The smallest absolute Gasteiger partial charge is 0.294 e. The number of carbonyl (C=O) groups excluding carboxylic acids is 1. The first-order valence-corrected chi connectivity index (χ1v) is 6.81. The summed E-state index contributed by atoms with van der Waals surface area (Å²) in [4.78, 5) is 11.7. The van der Waals surface area contributed by atoms with Gasteiger partial charge in [0.1, 0.15) is 0 Å². The summed E-state index contributed by atoms with van der Waals surface area (Å²) in [6.07, 6.45) is -3.90. The van der Waals surface area contributed by atoms with Crippen molar-refractivity contribution in [3.05, 3.63) is 47.5 Å². The third kappa shape index (κ3) is 2.80. The van der Waals surface area contributed by atoms with Crippen molar-refractivity contribution >= 4 is 16.6 Å². The lowest BCUT2D eigenvalue weighted by molar-refractivity contribution is -0.180. The molecule has 0 radical (unpaired) electrons. The Kier molecular flexibility index (Phi) is 3.83. The third-order valence-electron chi connectivity index (χ3n) is 3.91. The van der Waals surface area contributed by atoms with Crippen LogP contribution in [0.1, 0.15) is 43.1 Å². The van der Waals surface area contributed by atoms with Crippen molar-refractivity contribution in [1.29, 1.82) is 0 Å². The lowest BCUT2D eigenvalue weighted by Crippen LogP contribution is -2.36. The Morgan fingerprint density at radius 2 is 1.57 bits per heavy atom. The van der Waals surface area contributed by atoms with Crippen LogP contribution in [0, 0.1) is 0 Å². The second-order valence-corrected chi connectivity index (χ2v) is 5.68. The molecule has 0 heterocycles. The largest absolute Gasteiger partial charge is 0.397 e. The van der Waals surface area contributed by atoms with Crippen LogP contribution in [0.2, 0.25) is 0 Å². The number of fused-ring (bicyclic) bond motifs is 1. The molecule has 0 aliphatic carbocycles. The number of hydrogen-bond donors (Lipinski definition) is 0. The quantitative estimate of drug-likeness (QED) is 0.704. The highest BCUT2D eigenvalue weighted by Gasteiger charge is 2.48. The van der Waals surface area contributed by atoms with Crippen molar-refractivity contribution in [2.45, 2.75) is 38.8 Å². The summed E-state index contributed by atoms with van der Waals surface area (Å²) in [5.41, 5.74) is -1.09. The van der Waals surface area contributed by atoms with E-state index in [4.69, 9.17) is 0 Å². The molecule has 0 aromatic heterocycles. The molecule has 1 nitrogen and oxygen atoms in total. The maximum Gasteiger partial charge on any atom is 0.397 e. The zero-order valence-corrected chi connectivity index (χ0v) is 12.2. The normalized spacial score (nSPS) is 12.7. The Hall–Kier alpha value is -1.84. The molecule has 0 atom stereocenters. The minimum atomic E-state index is -4.31. The van der Waals surface area contributed by atoms with Crippen LogP contribution in [-0.4, -0.2) is 12.0 Å². The SMILES string of the molecule is CCC(=O)c1ccc2cc(C(C)(C)C(F)(F)F)ccc2c1. The summed E-state index contributed by atoms with van der Waals surface area (Å²) in [5, 5.41) is 1.48. The lowest BCUT2D eigenvalue weighted by atomic mass is 9.83. The van der Waals surface area contributed by atoms with Crippen LogP contribution in [0.25, 0.3) is 10.8 Å². The van der Waals surface area contributed by atoms with Crippen LogP contribution < -0.4 is 0 Å². The summed E-state index contributed by atoms with van der Waals surface area (Å²) in [7, 11) is 0. The number of halogens is 3. The molecular weight excluding hydrogens is 277 g/mol. The Bertz CT molecular complexity index is 684. The van der Waals surface area contributed by atoms with Crippen molar-refractivity contribution in [3.8, 4) is 0 Å². The third-order valence-corrected chi connectivity index (χ3v) is 3.91. The van der Waals surface area contributed by atoms with Gasteiger partial charge in [-0.05, 0) is 36.2 Å². The summed E-state index contributed by atoms with van der Waals surface area (Å²) in [6, 6.07) is 9.77. The number of benzene rings is 2. The molecule has 0 saturated carbocycles. The van der Waals surface area contributed by atoms with Gasteiger partial charge in [0, 0.05) is 12.0 Å². The van der Waals surface area contributed by atoms with E-state index in [0.29, 0.717) is 17.4 Å². The number of alkyl halides is 3. The van der Waals surface area contributed by atoms with Gasteiger partial charge < -0.3 is 0 Å². The van der Waals surface area contributed by atoms with Gasteiger partial charge in [-0.1, -0.05) is 37.3 Å². The van der Waals surface area contributed by atoms with Crippen molar-refractivity contribution in [2.75, 3.05) is 0 Å². The van der Waals surface area contributed by atoms with Gasteiger partial charge in [-0.25, -0.2) is 0 Å². The van der Waals surface area contributed by atoms with Crippen LogP contribution in [0.5, 0.6) is 0 Å². The molecule has 0 N–H and O–H groups in total. The minimum Gasteiger partial charge on any atom is -0.294 e. The molecular formula is C17H17F3O. The zero-order valence-electron chi connectivity index (χ0n) is 12.2. The van der Waals surface area contributed by atoms with Crippen LogP contribution >= 0.6 is 0 Å². The average Bonchev–Trinajstić information content (AvgIpc) is 2.44. The number of hydrogen-bond acceptors (Lipinski definition) is 1. The summed E-state index contributed by atoms with van der Waals surface area (Å²) < 4.78 is 39.3. The Labute approximate surface area is 121 Å². The van der Waals surface area contributed by atoms with Crippen LogP contribution in [0.4, 0.5) is 13.2 Å².